The molecule has 6 nitrogen and oxygen atoms in total. The number of carbonyl (C=O) groups is 1. The number of hydrogen-bond acceptors (Lipinski definition) is 4. The van der Waals surface area contributed by atoms with Crippen LogP contribution in [0.4, 0.5) is 0 Å². The summed E-state index contributed by atoms with van der Waals surface area (Å²) in [7, 11) is -3.61. The summed E-state index contributed by atoms with van der Waals surface area (Å²) in [5.74, 6) is -0.258. The van der Waals surface area contributed by atoms with Crippen LogP contribution >= 0.6 is 0 Å². The van der Waals surface area contributed by atoms with Crippen molar-refractivity contribution in [3.8, 4) is 0 Å². The van der Waals surface area contributed by atoms with Gasteiger partial charge < -0.3 is 5.32 Å². The van der Waals surface area contributed by atoms with E-state index in [-0.39, 0.29) is 22.3 Å². The van der Waals surface area contributed by atoms with Crippen LogP contribution in [0.5, 0.6) is 0 Å². The Labute approximate surface area is 186 Å². The van der Waals surface area contributed by atoms with Crippen LogP contribution in [0, 0.1) is 5.41 Å². The third-order valence-corrected chi connectivity index (χ3v) is 7.29. The van der Waals surface area contributed by atoms with Crippen LogP contribution in [0.3, 0.4) is 0 Å². The molecule has 168 valence electrons. The van der Waals surface area contributed by atoms with E-state index in [1.165, 1.54) is 23.3 Å². The summed E-state index contributed by atoms with van der Waals surface area (Å²) >= 11 is 0. The molecule has 1 atom stereocenters. The molecule has 0 bridgehead atoms. The first-order valence-corrected chi connectivity index (χ1v) is 12.3. The standard InChI is InChI=1S/C24H33N3O3S/c1-5-25-31(29,30)21-12-8-11-19(15-21)23(28)26-22(24(2,3)4)17-27-14-13-18-9-6-7-10-20(18)16-27/h6-12,15,22,25H,5,13-14,16-17H2,1-4H3,(H,26,28)/t22-/m1/s1. The monoisotopic (exact) mass is 443 g/mol. The highest BCUT2D eigenvalue weighted by atomic mass is 32.2. The SMILES string of the molecule is CCNS(=O)(=O)c1cccc(C(=O)N[C@H](CN2CCc3ccccc3C2)C(C)(C)C)c1. The highest BCUT2D eigenvalue weighted by Crippen LogP contribution is 2.24. The molecule has 1 aliphatic heterocycles. The molecule has 0 fully saturated rings. The third kappa shape index (κ3) is 5.93. The van der Waals surface area contributed by atoms with E-state index in [2.05, 4.69) is 60.0 Å². The molecule has 2 aromatic carbocycles. The van der Waals surface area contributed by atoms with Crippen molar-refractivity contribution in [1.29, 1.82) is 0 Å². The molecule has 0 aliphatic carbocycles. The first-order valence-electron chi connectivity index (χ1n) is 10.8. The van der Waals surface area contributed by atoms with Crippen molar-refractivity contribution in [2.45, 2.75) is 51.6 Å². The second-order valence-electron chi connectivity index (χ2n) is 9.18. The van der Waals surface area contributed by atoms with Gasteiger partial charge in [0.25, 0.3) is 5.91 Å². The van der Waals surface area contributed by atoms with Gasteiger partial charge in [0.05, 0.1) is 4.90 Å². The van der Waals surface area contributed by atoms with Gasteiger partial charge in [-0.15, -0.1) is 0 Å². The van der Waals surface area contributed by atoms with E-state index in [9.17, 15) is 13.2 Å². The number of sulfonamides is 1. The minimum Gasteiger partial charge on any atom is -0.347 e. The smallest absolute Gasteiger partial charge is 0.251 e. The molecule has 0 saturated heterocycles. The molecule has 0 radical (unpaired) electrons. The first-order chi connectivity index (χ1) is 14.6. The number of fused-ring (bicyclic) bond motifs is 1. The van der Waals surface area contributed by atoms with Gasteiger partial charge >= 0.3 is 0 Å². The van der Waals surface area contributed by atoms with Crippen molar-refractivity contribution < 1.29 is 13.2 Å². The molecule has 3 rings (SSSR count). The summed E-state index contributed by atoms with van der Waals surface area (Å²) in [4.78, 5) is 15.5. The van der Waals surface area contributed by atoms with Crippen LogP contribution in [0.15, 0.2) is 53.4 Å². The van der Waals surface area contributed by atoms with Crippen molar-refractivity contribution in [2.24, 2.45) is 5.41 Å². The summed E-state index contributed by atoms with van der Waals surface area (Å²) in [6, 6.07) is 14.6. The summed E-state index contributed by atoms with van der Waals surface area (Å²) < 4.78 is 27.1. The normalized spacial score (nSPS) is 15.9. The number of nitrogens with one attached hydrogen (secondary N) is 2. The Morgan fingerprint density at radius 2 is 1.81 bits per heavy atom. The second-order valence-corrected chi connectivity index (χ2v) is 10.9. The van der Waals surface area contributed by atoms with Gasteiger partial charge in [0.15, 0.2) is 0 Å². The summed E-state index contributed by atoms with van der Waals surface area (Å²) in [6.07, 6.45) is 1.01. The van der Waals surface area contributed by atoms with Crippen molar-refractivity contribution in [1.82, 2.24) is 14.9 Å². The zero-order chi connectivity index (χ0) is 22.6. The molecular formula is C24H33N3O3S. The van der Waals surface area contributed by atoms with Crippen molar-refractivity contribution in [2.75, 3.05) is 19.6 Å². The Morgan fingerprint density at radius 3 is 2.48 bits per heavy atom. The van der Waals surface area contributed by atoms with Crippen LogP contribution in [-0.2, 0) is 23.0 Å². The van der Waals surface area contributed by atoms with Gasteiger partial charge in [-0.05, 0) is 41.2 Å². The van der Waals surface area contributed by atoms with Crippen LogP contribution in [0.1, 0.15) is 49.2 Å². The van der Waals surface area contributed by atoms with Crippen LogP contribution < -0.4 is 10.0 Å². The third-order valence-electron chi connectivity index (χ3n) is 5.74. The summed E-state index contributed by atoms with van der Waals surface area (Å²) in [6.45, 7) is 10.9. The van der Waals surface area contributed by atoms with Gasteiger partial charge in [-0.2, -0.15) is 0 Å². The first kappa shape index (κ1) is 23.4. The minimum atomic E-state index is -3.61. The Kier molecular flexibility index (Phi) is 7.19. The number of carbonyl (C=O) groups excluding carboxylic acids is 1. The van der Waals surface area contributed by atoms with E-state index in [1.807, 2.05) is 0 Å². The lowest BCUT2D eigenvalue weighted by atomic mass is 9.85. The van der Waals surface area contributed by atoms with Gasteiger partial charge in [0.1, 0.15) is 0 Å². The maximum absolute atomic E-state index is 13.0. The minimum absolute atomic E-state index is 0.0840. The fourth-order valence-corrected chi connectivity index (χ4v) is 4.91. The van der Waals surface area contributed by atoms with E-state index < -0.39 is 10.0 Å². The van der Waals surface area contributed by atoms with E-state index in [4.69, 9.17) is 0 Å². The lowest BCUT2D eigenvalue weighted by Gasteiger charge is -2.38. The number of rotatable bonds is 7. The quantitative estimate of drug-likeness (QED) is 0.689. The van der Waals surface area contributed by atoms with E-state index >= 15 is 0 Å². The Morgan fingerprint density at radius 1 is 1.10 bits per heavy atom. The van der Waals surface area contributed by atoms with Gasteiger partial charge in [-0.1, -0.05) is 58.0 Å². The number of hydrogen-bond donors (Lipinski definition) is 2. The average molecular weight is 444 g/mol. The van der Waals surface area contributed by atoms with E-state index in [0.717, 1.165) is 26.1 Å². The molecule has 0 aromatic heterocycles. The molecule has 1 heterocycles. The molecule has 1 aliphatic rings. The second kappa shape index (κ2) is 9.51. The number of benzene rings is 2. The van der Waals surface area contributed by atoms with Gasteiger partial charge in [0, 0.05) is 37.8 Å². The van der Waals surface area contributed by atoms with Crippen molar-refractivity contribution >= 4 is 15.9 Å². The molecule has 0 unspecified atom stereocenters. The molecule has 0 saturated carbocycles. The Bertz CT molecular complexity index is 1030. The van der Waals surface area contributed by atoms with Gasteiger partial charge in [-0.25, -0.2) is 13.1 Å². The summed E-state index contributed by atoms with van der Waals surface area (Å²) in [5, 5.41) is 3.16. The van der Waals surface area contributed by atoms with Crippen LogP contribution in [-0.4, -0.2) is 44.9 Å². The lowest BCUT2D eigenvalue weighted by molar-refractivity contribution is 0.0862. The molecule has 0 spiro atoms. The van der Waals surface area contributed by atoms with E-state index in [0.29, 0.717) is 12.1 Å². The van der Waals surface area contributed by atoms with Gasteiger partial charge in [-0.3, -0.25) is 9.69 Å². The maximum atomic E-state index is 13.0. The lowest BCUT2D eigenvalue weighted by Crippen LogP contribution is -2.51. The molecule has 1 amide bonds. The summed E-state index contributed by atoms with van der Waals surface area (Å²) in [5.41, 5.74) is 2.93. The zero-order valence-corrected chi connectivity index (χ0v) is 19.6. The predicted molar refractivity (Wildman–Crippen MR) is 123 cm³/mol. The topological polar surface area (TPSA) is 78.5 Å². The molecule has 2 aromatic rings. The van der Waals surface area contributed by atoms with Crippen molar-refractivity contribution in [3.63, 3.8) is 0 Å². The fraction of sp³-hybridized carbons (Fsp3) is 0.458. The van der Waals surface area contributed by atoms with Crippen LogP contribution in [0.2, 0.25) is 0 Å². The number of amides is 1. The Hall–Kier alpha value is -2.22. The predicted octanol–water partition coefficient (Wildman–Crippen LogP) is 3.19. The maximum Gasteiger partial charge on any atom is 0.251 e. The average Bonchev–Trinajstić information content (AvgIpc) is 2.72. The van der Waals surface area contributed by atoms with Crippen molar-refractivity contribution in [3.05, 3.63) is 65.2 Å². The molecule has 2 N–H and O–H groups in total. The highest BCUT2D eigenvalue weighted by Gasteiger charge is 2.30. The van der Waals surface area contributed by atoms with Gasteiger partial charge in [0.2, 0.25) is 10.0 Å². The van der Waals surface area contributed by atoms with E-state index in [1.54, 1.807) is 19.1 Å². The Balaban J connectivity index is 1.74. The highest BCUT2D eigenvalue weighted by molar-refractivity contribution is 7.89. The molecule has 7 heteroatoms. The largest absolute Gasteiger partial charge is 0.347 e. The van der Waals surface area contributed by atoms with Crippen LogP contribution in [0.25, 0.3) is 0 Å². The number of nitrogens with zero attached hydrogens (tertiary/aromatic N) is 1. The fourth-order valence-electron chi connectivity index (χ4n) is 3.82. The molecule has 31 heavy (non-hydrogen) atoms. The molecular weight excluding hydrogens is 410 g/mol. The zero-order valence-electron chi connectivity index (χ0n) is 18.8.